The van der Waals surface area contributed by atoms with Gasteiger partial charge in [-0.05, 0) is 32.0 Å². The summed E-state index contributed by atoms with van der Waals surface area (Å²) in [5.74, 6) is 0.175. The van der Waals surface area contributed by atoms with Gasteiger partial charge >= 0.3 is 5.69 Å². The van der Waals surface area contributed by atoms with Crippen LogP contribution in [-0.4, -0.2) is 41.0 Å². The first kappa shape index (κ1) is 15.2. The minimum atomic E-state index is -0.556. The zero-order chi connectivity index (χ0) is 15.1. The van der Waals surface area contributed by atoms with Gasteiger partial charge in [0.25, 0.3) is 0 Å². The van der Waals surface area contributed by atoms with E-state index in [0.717, 1.165) is 19.6 Å². The molecule has 1 saturated heterocycles. The third-order valence-corrected chi connectivity index (χ3v) is 3.65. The predicted octanol–water partition coefficient (Wildman–Crippen LogP) is 2.15. The van der Waals surface area contributed by atoms with Crippen molar-refractivity contribution in [2.24, 2.45) is 0 Å². The molecule has 112 valence electrons. The highest BCUT2D eigenvalue weighted by atomic mass is 16.6. The maximum absolute atomic E-state index is 11.1. The maximum atomic E-state index is 11.1. The topological polar surface area (TPSA) is 95.1 Å². The second-order valence-electron chi connectivity index (χ2n) is 5.11. The highest BCUT2D eigenvalue weighted by molar-refractivity contribution is 5.63. The van der Waals surface area contributed by atoms with E-state index in [0.29, 0.717) is 6.54 Å². The Labute approximate surface area is 123 Å². The van der Waals surface area contributed by atoms with Crippen LogP contribution in [0.15, 0.2) is 12.3 Å². The van der Waals surface area contributed by atoms with E-state index in [9.17, 15) is 10.1 Å². The molecule has 0 spiro atoms. The number of nitrogens with zero attached hydrogens (tertiary/aromatic N) is 4. The molecule has 1 N–H and O–H groups in total. The minimum absolute atomic E-state index is 0.0345. The van der Waals surface area contributed by atoms with Crippen molar-refractivity contribution in [3.63, 3.8) is 0 Å². The molecule has 2 rings (SSSR count). The summed E-state index contributed by atoms with van der Waals surface area (Å²) < 4.78 is 0. The lowest BCUT2D eigenvalue weighted by Crippen LogP contribution is -2.30. The van der Waals surface area contributed by atoms with E-state index in [-0.39, 0.29) is 17.1 Å². The number of aromatic nitrogens is 1. The lowest BCUT2D eigenvalue weighted by atomic mass is 10.2. The molecule has 0 unspecified atom stereocenters. The van der Waals surface area contributed by atoms with Gasteiger partial charge in [0.05, 0.1) is 4.92 Å². The molecule has 1 aliphatic heterocycles. The van der Waals surface area contributed by atoms with Gasteiger partial charge in [-0.1, -0.05) is 12.8 Å². The Morgan fingerprint density at radius 1 is 1.38 bits per heavy atom. The van der Waals surface area contributed by atoms with Gasteiger partial charge in [0.2, 0.25) is 5.82 Å². The number of rotatable bonds is 5. The van der Waals surface area contributed by atoms with Crippen molar-refractivity contribution in [2.75, 3.05) is 31.5 Å². The van der Waals surface area contributed by atoms with Crippen LogP contribution in [0, 0.1) is 21.4 Å². The first-order valence-corrected chi connectivity index (χ1v) is 7.22. The lowest BCUT2D eigenvalue weighted by Gasteiger charge is -2.19. The van der Waals surface area contributed by atoms with E-state index >= 15 is 0 Å². The molecule has 1 aliphatic rings. The Kier molecular flexibility index (Phi) is 5.46. The molecule has 0 radical (unpaired) electrons. The molecule has 0 saturated carbocycles. The zero-order valence-electron chi connectivity index (χ0n) is 11.9. The van der Waals surface area contributed by atoms with Crippen molar-refractivity contribution in [2.45, 2.75) is 25.7 Å². The number of hydrogen-bond donors (Lipinski definition) is 1. The standard InChI is InChI=1S/C14H19N5O2/c15-11-12-5-6-16-14(13(12)19(20)21)17-7-10-18-8-3-1-2-4-9-18/h5-6H,1-4,7-10H2,(H,16,17). The minimum Gasteiger partial charge on any atom is -0.363 e. The van der Waals surface area contributed by atoms with Crippen LogP contribution in [0.5, 0.6) is 0 Å². The first-order valence-electron chi connectivity index (χ1n) is 7.22. The molecule has 1 fully saturated rings. The number of likely N-dealkylation sites (tertiary alicyclic amines) is 1. The van der Waals surface area contributed by atoms with Gasteiger partial charge < -0.3 is 10.2 Å². The van der Waals surface area contributed by atoms with Crippen LogP contribution in [-0.2, 0) is 0 Å². The molecule has 0 aliphatic carbocycles. The average Bonchev–Trinajstić information content (AvgIpc) is 2.75. The molecule has 0 amide bonds. The molecule has 0 atom stereocenters. The number of anilines is 1. The molecular formula is C14H19N5O2. The van der Waals surface area contributed by atoms with Crippen LogP contribution >= 0.6 is 0 Å². The average molecular weight is 289 g/mol. The second kappa shape index (κ2) is 7.55. The molecule has 7 heteroatoms. The Hall–Kier alpha value is -2.20. The molecule has 0 bridgehead atoms. The summed E-state index contributed by atoms with van der Waals surface area (Å²) in [5, 5.41) is 23.0. The molecule has 0 aromatic carbocycles. The van der Waals surface area contributed by atoms with E-state index < -0.39 is 4.92 Å². The molecule has 7 nitrogen and oxygen atoms in total. The van der Waals surface area contributed by atoms with Gasteiger partial charge in [0.15, 0.2) is 0 Å². The van der Waals surface area contributed by atoms with E-state index in [1.165, 1.54) is 37.9 Å². The number of nitro groups is 1. The van der Waals surface area contributed by atoms with Gasteiger partial charge in [-0.15, -0.1) is 0 Å². The van der Waals surface area contributed by atoms with Gasteiger partial charge in [-0.3, -0.25) is 10.1 Å². The van der Waals surface area contributed by atoms with Crippen LogP contribution in [0.2, 0.25) is 0 Å². The van der Waals surface area contributed by atoms with E-state index in [2.05, 4.69) is 15.2 Å². The van der Waals surface area contributed by atoms with Gasteiger partial charge in [0.1, 0.15) is 11.6 Å². The first-order chi connectivity index (χ1) is 10.2. The number of nitrogens with one attached hydrogen (secondary N) is 1. The fraction of sp³-hybridized carbons (Fsp3) is 0.571. The number of hydrogen-bond acceptors (Lipinski definition) is 6. The van der Waals surface area contributed by atoms with E-state index in [1.54, 1.807) is 0 Å². The fourth-order valence-corrected chi connectivity index (χ4v) is 2.55. The SMILES string of the molecule is N#Cc1ccnc(NCCN2CCCCCC2)c1[N+](=O)[O-]. The summed E-state index contributed by atoms with van der Waals surface area (Å²) >= 11 is 0. The van der Waals surface area contributed by atoms with Crippen LogP contribution in [0.25, 0.3) is 0 Å². The molecule has 1 aromatic rings. The quantitative estimate of drug-likeness (QED) is 0.659. The zero-order valence-corrected chi connectivity index (χ0v) is 11.9. The van der Waals surface area contributed by atoms with Crippen LogP contribution < -0.4 is 5.32 Å². The fourth-order valence-electron chi connectivity index (χ4n) is 2.55. The summed E-state index contributed by atoms with van der Waals surface area (Å²) in [4.78, 5) is 16.9. The van der Waals surface area contributed by atoms with Crippen LogP contribution in [0.1, 0.15) is 31.2 Å². The second-order valence-corrected chi connectivity index (χ2v) is 5.11. The van der Waals surface area contributed by atoms with Crippen molar-refractivity contribution in [3.05, 3.63) is 27.9 Å². The van der Waals surface area contributed by atoms with Crippen molar-refractivity contribution < 1.29 is 4.92 Å². The lowest BCUT2D eigenvalue weighted by molar-refractivity contribution is -0.384. The third-order valence-electron chi connectivity index (χ3n) is 3.65. The van der Waals surface area contributed by atoms with Crippen LogP contribution in [0.4, 0.5) is 11.5 Å². The Bertz CT molecular complexity index is 533. The monoisotopic (exact) mass is 289 g/mol. The molecular weight excluding hydrogens is 270 g/mol. The maximum Gasteiger partial charge on any atom is 0.328 e. The van der Waals surface area contributed by atoms with Crippen molar-refractivity contribution in [1.82, 2.24) is 9.88 Å². The predicted molar refractivity (Wildman–Crippen MR) is 79.0 cm³/mol. The Morgan fingerprint density at radius 2 is 2.10 bits per heavy atom. The van der Waals surface area contributed by atoms with Crippen molar-refractivity contribution >= 4 is 11.5 Å². The number of pyridine rings is 1. The third kappa shape index (κ3) is 4.13. The van der Waals surface area contributed by atoms with Crippen molar-refractivity contribution in [1.29, 1.82) is 5.26 Å². The van der Waals surface area contributed by atoms with Gasteiger partial charge in [0, 0.05) is 19.3 Å². The summed E-state index contributed by atoms with van der Waals surface area (Å²) in [6.07, 6.45) is 6.40. The van der Waals surface area contributed by atoms with Gasteiger partial charge in [-0.25, -0.2) is 4.98 Å². The molecule has 2 heterocycles. The summed E-state index contributed by atoms with van der Waals surface area (Å²) in [6.45, 7) is 3.57. The highest BCUT2D eigenvalue weighted by Crippen LogP contribution is 2.25. The Morgan fingerprint density at radius 3 is 2.71 bits per heavy atom. The normalized spacial score (nSPS) is 16.0. The van der Waals surface area contributed by atoms with E-state index in [1.807, 2.05) is 6.07 Å². The molecule has 21 heavy (non-hydrogen) atoms. The van der Waals surface area contributed by atoms with Crippen molar-refractivity contribution in [3.8, 4) is 6.07 Å². The molecule has 1 aromatic heterocycles. The number of nitriles is 1. The largest absolute Gasteiger partial charge is 0.363 e. The highest BCUT2D eigenvalue weighted by Gasteiger charge is 2.21. The summed E-state index contributed by atoms with van der Waals surface area (Å²) in [7, 11) is 0. The van der Waals surface area contributed by atoms with Gasteiger partial charge in [-0.2, -0.15) is 5.26 Å². The Balaban J connectivity index is 1.96. The van der Waals surface area contributed by atoms with E-state index in [4.69, 9.17) is 5.26 Å². The smallest absolute Gasteiger partial charge is 0.328 e. The summed E-state index contributed by atoms with van der Waals surface area (Å²) in [6, 6.07) is 3.19. The van der Waals surface area contributed by atoms with Crippen LogP contribution in [0.3, 0.4) is 0 Å². The summed E-state index contributed by atoms with van der Waals surface area (Å²) in [5.41, 5.74) is -0.205.